The maximum atomic E-state index is 3.60. The fourth-order valence-electron chi connectivity index (χ4n) is 5.60. The molecule has 0 nitrogen and oxygen atoms in total. The number of benzene rings is 1. The van der Waals surface area contributed by atoms with Gasteiger partial charge in [0.15, 0.2) is 0 Å². The number of unbranched alkanes of at least 4 members (excludes halogenated alkanes) is 2. The van der Waals surface area contributed by atoms with Crippen LogP contribution in [0.1, 0.15) is 108 Å². The van der Waals surface area contributed by atoms with Crippen LogP contribution >= 0.6 is 0 Å². The summed E-state index contributed by atoms with van der Waals surface area (Å²) in [5.41, 5.74) is 2.64. The van der Waals surface area contributed by atoms with E-state index in [1.165, 1.54) is 101 Å². The molecule has 1 aromatic rings. The van der Waals surface area contributed by atoms with Crippen LogP contribution < -0.4 is 0 Å². The Labute approximate surface area is 174 Å². The van der Waals surface area contributed by atoms with Crippen molar-refractivity contribution < 1.29 is 0 Å². The molecule has 3 rings (SSSR count). The predicted octanol–water partition coefficient (Wildman–Crippen LogP) is 8.18. The molecule has 0 bridgehead atoms. The summed E-state index contributed by atoms with van der Waals surface area (Å²) in [4.78, 5) is 0. The monoisotopic (exact) mass is 378 g/mol. The zero-order chi connectivity index (χ0) is 19.6. The predicted molar refractivity (Wildman–Crippen MR) is 122 cm³/mol. The van der Waals surface area contributed by atoms with Crippen molar-refractivity contribution >= 4 is 0 Å². The number of rotatable bonds is 7. The highest BCUT2D eigenvalue weighted by atomic mass is 14.3. The lowest BCUT2D eigenvalue weighted by atomic mass is 9.69. The van der Waals surface area contributed by atoms with E-state index in [2.05, 4.69) is 50.0 Å². The largest absolute Gasteiger partial charge is 0.0945 e. The standard InChI is InChI=1S/C28H42/c1-3-5-6-8-24-15-19-27(20-16-24)28-21-17-26(18-22-28)14-13-25-11-9-23(7-4-2)10-12-25/h9-12,24,26-28H,3-8,15-22H2,1-2H3/t24-,26-,27-,28-. The molecule has 28 heavy (non-hydrogen) atoms. The molecule has 1 aromatic carbocycles. The van der Waals surface area contributed by atoms with Crippen molar-refractivity contribution in [1.29, 1.82) is 0 Å². The average Bonchev–Trinajstić information content (AvgIpc) is 2.75. The Kier molecular flexibility index (Phi) is 8.98. The zero-order valence-electron chi connectivity index (χ0n) is 18.5. The van der Waals surface area contributed by atoms with Gasteiger partial charge in [-0.2, -0.15) is 0 Å². The normalized spacial score (nSPS) is 27.8. The highest BCUT2D eigenvalue weighted by Crippen LogP contribution is 2.42. The minimum atomic E-state index is 0.636. The lowest BCUT2D eigenvalue weighted by Crippen LogP contribution is -2.25. The first-order valence-electron chi connectivity index (χ1n) is 12.4. The average molecular weight is 379 g/mol. The molecule has 0 aromatic heterocycles. The topological polar surface area (TPSA) is 0 Å². The first-order valence-corrected chi connectivity index (χ1v) is 12.4. The van der Waals surface area contributed by atoms with Crippen molar-refractivity contribution in [3.63, 3.8) is 0 Å². The molecule has 0 spiro atoms. The van der Waals surface area contributed by atoms with Crippen LogP contribution in [0.3, 0.4) is 0 Å². The molecule has 2 fully saturated rings. The SMILES string of the molecule is CCCCC[C@H]1CC[C@H]([C@H]2CC[C@H](C#Cc3ccc(CCC)cc3)CC2)CC1. The van der Waals surface area contributed by atoms with E-state index in [4.69, 9.17) is 0 Å². The van der Waals surface area contributed by atoms with Gasteiger partial charge in [-0.25, -0.2) is 0 Å². The molecule has 0 unspecified atom stereocenters. The highest BCUT2D eigenvalue weighted by Gasteiger charge is 2.30. The van der Waals surface area contributed by atoms with Gasteiger partial charge in [-0.1, -0.05) is 82.8 Å². The fourth-order valence-corrected chi connectivity index (χ4v) is 5.60. The summed E-state index contributed by atoms with van der Waals surface area (Å²) in [6.07, 6.45) is 19.8. The van der Waals surface area contributed by atoms with Crippen molar-refractivity contribution in [2.75, 3.05) is 0 Å². The van der Waals surface area contributed by atoms with E-state index in [9.17, 15) is 0 Å². The van der Waals surface area contributed by atoms with Crippen LogP contribution in [0.5, 0.6) is 0 Å². The van der Waals surface area contributed by atoms with Crippen LogP contribution in [0.4, 0.5) is 0 Å². The third-order valence-electron chi connectivity index (χ3n) is 7.46. The van der Waals surface area contributed by atoms with E-state index in [0.717, 1.165) is 17.8 Å². The Morgan fingerprint density at radius 1 is 0.750 bits per heavy atom. The van der Waals surface area contributed by atoms with Crippen LogP contribution in [0.25, 0.3) is 0 Å². The van der Waals surface area contributed by atoms with E-state index in [1.54, 1.807) is 0 Å². The van der Waals surface area contributed by atoms with Crippen LogP contribution in [-0.2, 0) is 6.42 Å². The molecule has 0 atom stereocenters. The van der Waals surface area contributed by atoms with Crippen LogP contribution in [0, 0.1) is 35.5 Å². The van der Waals surface area contributed by atoms with E-state index in [1.807, 2.05) is 0 Å². The van der Waals surface area contributed by atoms with Crippen molar-refractivity contribution in [3.05, 3.63) is 35.4 Å². The summed E-state index contributed by atoms with van der Waals surface area (Å²) in [6, 6.07) is 8.93. The molecule has 0 radical (unpaired) electrons. The Morgan fingerprint density at radius 3 is 2.00 bits per heavy atom. The minimum absolute atomic E-state index is 0.636. The third-order valence-corrected chi connectivity index (χ3v) is 7.46. The van der Waals surface area contributed by atoms with Crippen LogP contribution in [0.15, 0.2) is 24.3 Å². The van der Waals surface area contributed by atoms with E-state index in [-0.39, 0.29) is 0 Å². The molecule has 0 saturated heterocycles. The first kappa shape index (κ1) is 21.5. The van der Waals surface area contributed by atoms with Crippen molar-refractivity contribution in [1.82, 2.24) is 0 Å². The minimum Gasteiger partial charge on any atom is -0.0945 e. The summed E-state index contributed by atoms with van der Waals surface area (Å²) in [5.74, 6) is 10.8. The van der Waals surface area contributed by atoms with Gasteiger partial charge < -0.3 is 0 Å². The van der Waals surface area contributed by atoms with Crippen molar-refractivity contribution in [3.8, 4) is 11.8 Å². The van der Waals surface area contributed by atoms with Gasteiger partial charge in [0, 0.05) is 11.5 Å². The highest BCUT2D eigenvalue weighted by molar-refractivity contribution is 5.36. The molecule has 0 heterocycles. The number of hydrogen-bond acceptors (Lipinski definition) is 0. The quantitative estimate of drug-likeness (QED) is 0.331. The fraction of sp³-hybridized carbons (Fsp3) is 0.714. The van der Waals surface area contributed by atoms with Gasteiger partial charge in [0.1, 0.15) is 0 Å². The molecule has 2 saturated carbocycles. The van der Waals surface area contributed by atoms with E-state index in [0.29, 0.717) is 5.92 Å². The Morgan fingerprint density at radius 2 is 1.39 bits per heavy atom. The molecule has 154 valence electrons. The van der Waals surface area contributed by atoms with Gasteiger partial charge in [-0.05, 0) is 80.4 Å². The molecule has 0 N–H and O–H groups in total. The van der Waals surface area contributed by atoms with Crippen molar-refractivity contribution in [2.24, 2.45) is 23.7 Å². The number of hydrogen-bond donors (Lipinski definition) is 0. The van der Waals surface area contributed by atoms with E-state index < -0.39 is 0 Å². The smallest absolute Gasteiger partial charge is 0.0245 e. The van der Waals surface area contributed by atoms with Gasteiger partial charge in [0.25, 0.3) is 0 Å². The Balaban J connectivity index is 1.38. The molecule has 2 aliphatic rings. The van der Waals surface area contributed by atoms with Gasteiger partial charge in [0.05, 0.1) is 0 Å². The molecular weight excluding hydrogens is 336 g/mol. The summed E-state index contributed by atoms with van der Waals surface area (Å²) >= 11 is 0. The van der Waals surface area contributed by atoms with Gasteiger partial charge in [-0.15, -0.1) is 0 Å². The van der Waals surface area contributed by atoms with Gasteiger partial charge in [0.2, 0.25) is 0 Å². The van der Waals surface area contributed by atoms with Gasteiger partial charge in [-0.3, -0.25) is 0 Å². The second-order valence-electron chi connectivity index (χ2n) is 9.60. The molecule has 0 aliphatic heterocycles. The second kappa shape index (κ2) is 11.7. The first-order chi connectivity index (χ1) is 13.8. The Hall–Kier alpha value is -1.22. The lowest BCUT2D eigenvalue weighted by Gasteiger charge is -2.37. The maximum Gasteiger partial charge on any atom is 0.0245 e. The molecule has 2 aliphatic carbocycles. The maximum absolute atomic E-state index is 3.60. The summed E-state index contributed by atoms with van der Waals surface area (Å²) in [7, 11) is 0. The second-order valence-corrected chi connectivity index (χ2v) is 9.60. The van der Waals surface area contributed by atoms with Crippen LogP contribution in [0.2, 0.25) is 0 Å². The summed E-state index contributed by atoms with van der Waals surface area (Å²) in [6.45, 7) is 4.56. The van der Waals surface area contributed by atoms with Gasteiger partial charge >= 0.3 is 0 Å². The number of aryl methyl sites for hydroxylation is 1. The zero-order valence-corrected chi connectivity index (χ0v) is 18.5. The molecular formula is C28H42. The third kappa shape index (κ3) is 6.69. The lowest BCUT2D eigenvalue weighted by molar-refractivity contribution is 0.153. The molecule has 0 heteroatoms. The molecule has 0 amide bonds. The summed E-state index contributed by atoms with van der Waals surface area (Å²) < 4.78 is 0. The van der Waals surface area contributed by atoms with E-state index >= 15 is 0 Å². The van der Waals surface area contributed by atoms with Crippen LogP contribution in [-0.4, -0.2) is 0 Å². The Bertz CT molecular complexity index is 598. The van der Waals surface area contributed by atoms with Crippen molar-refractivity contribution in [2.45, 2.75) is 104 Å². The summed E-state index contributed by atoms with van der Waals surface area (Å²) in [5, 5.41) is 0.